The van der Waals surface area contributed by atoms with E-state index in [1.165, 1.54) is 4.88 Å². The van der Waals surface area contributed by atoms with Crippen molar-refractivity contribution in [3.05, 3.63) is 57.2 Å². The molecule has 0 saturated carbocycles. The predicted molar refractivity (Wildman–Crippen MR) is 136 cm³/mol. The summed E-state index contributed by atoms with van der Waals surface area (Å²) in [5.41, 5.74) is 1.12. The van der Waals surface area contributed by atoms with Crippen molar-refractivity contribution in [1.29, 1.82) is 0 Å². The molecule has 1 aliphatic rings. The molecule has 0 aliphatic carbocycles. The first-order valence-corrected chi connectivity index (χ1v) is 12.1. The molecule has 1 atom stereocenters. The van der Waals surface area contributed by atoms with E-state index in [2.05, 4.69) is 26.2 Å². The van der Waals surface area contributed by atoms with E-state index < -0.39 is 10.8 Å². The van der Waals surface area contributed by atoms with Crippen LogP contribution in [0, 0.1) is 0 Å². The van der Waals surface area contributed by atoms with E-state index in [-0.39, 0.29) is 24.0 Å². The lowest BCUT2D eigenvalue weighted by molar-refractivity contribution is 0.174. The van der Waals surface area contributed by atoms with Crippen molar-refractivity contribution in [2.75, 3.05) is 45.5 Å². The number of piperazine rings is 1. The molecule has 0 radical (unpaired) electrons. The van der Waals surface area contributed by atoms with E-state index in [1.807, 2.05) is 43.4 Å². The first-order chi connectivity index (χ1) is 13.6. The number of hydrogen-bond donors (Lipinski definition) is 1. The third kappa shape index (κ3) is 8.16. The smallest absolute Gasteiger partial charge is 0.193 e. The summed E-state index contributed by atoms with van der Waals surface area (Å²) in [7, 11) is 0.934. The molecule has 0 amide bonds. The number of aliphatic imine (C=N–C) groups is 1. The van der Waals surface area contributed by atoms with Gasteiger partial charge in [-0.3, -0.25) is 14.1 Å². The first-order valence-electron chi connectivity index (χ1n) is 9.45. The molecule has 3 rings (SSSR count). The fraction of sp³-hybridized carbons (Fsp3) is 0.450. The van der Waals surface area contributed by atoms with Crippen molar-refractivity contribution < 1.29 is 4.21 Å². The molecule has 0 spiro atoms. The zero-order chi connectivity index (χ0) is 19.8. The van der Waals surface area contributed by atoms with E-state index in [0.29, 0.717) is 18.1 Å². The van der Waals surface area contributed by atoms with Crippen molar-refractivity contribution in [3.8, 4) is 0 Å². The Morgan fingerprint density at radius 2 is 1.90 bits per heavy atom. The van der Waals surface area contributed by atoms with Crippen LogP contribution in [0.25, 0.3) is 0 Å². The standard InChI is InChI=1S/C20H27ClN4OS2.HI/c1-22-20(23-9-14-28(26)16-17-5-3-2-4-6-17)25-12-10-24(11-13-25)15-18-7-8-19(21)27-18;/h2-8H,9-16H2,1H3,(H,22,23);1H. The van der Waals surface area contributed by atoms with Crippen LogP contribution in [-0.2, 0) is 23.1 Å². The molecule has 1 aliphatic heterocycles. The van der Waals surface area contributed by atoms with E-state index in [1.54, 1.807) is 11.3 Å². The average Bonchev–Trinajstić information content (AvgIpc) is 3.11. The van der Waals surface area contributed by atoms with Crippen molar-refractivity contribution in [2.45, 2.75) is 12.3 Å². The molecule has 9 heteroatoms. The molecule has 2 aromatic rings. The van der Waals surface area contributed by atoms with E-state index in [0.717, 1.165) is 48.6 Å². The maximum Gasteiger partial charge on any atom is 0.193 e. The molecule has 1 aromatic carbocycles. The molecule has 29 heavy (non-hydrogen) atoms. The fourth-order valence-corrected chi connectivity index (χ4v) is 5.38. The van der Waals surface area contributed by atoms with Gasteiger partial charge < -0.3 is 10.2 Å². The largest absolute Gasteiger partial charge is 0.355 e. The Labute approximate surface area is 202 Å². The molecular weight excluding hydrogens is 539 g/mol. The normalized spacial score (nSPS) is 16.3. The van der Waals surface area contributed by atoms with Crippen molar-refractivity contribution in [1.82, 2.24) is 15.1 Å². The second kappa shape index (κ2) is 12.9. The lowest BCUT2D eigenvalue weighted by Gasteiger charge is -2.36. The highest BCUT2D eigenvalue weighted by Crippen LogP contribution is 2.23. The molecule has 1 saturated heterocycles. The van der Waals surface area contributed by atoms with Crippen LogP contribution in [0.3, 0.4) is 0 Å². The topological polar surface area (TPSA) is 47.9 Å². The number of nitrogens with one attached hydrogen (secondary N) is 1. The summed E-state index contributed by atoms with van der Waals surface area (Å²) in [5, 5.41) is 3.37. The number of guanidine groups is 1. The highest BCUT2D eigenvalue weighted by atomic mass is 127. The van der Waals surface area contributed by atoms with Crippen molar-refractivity contribution in [2.24, 2.45) is 4.99 Å². The number of thiophene rings is 1. The minimum absolute atomic E-state index is 0. The van der Waals surface area contributed by atoms with Gasteiger partial charge >= 0.3 is 0 Å². The summed E-state index contributed by atoms with van der Waals surface area (Å²) in [4.78, 5) is 10.4. The predicted octanol–water partition coefficient (Wildman–Crippen LogP) is 3.66. The van der Waals surface area contributed by atoms with Gasteiger partial charge in [-0.2, -0.15) is 0 Å². The Morgan fingerprint density at radius 3 is 2.52 bits per heavy atom. The molecule has 1 N–H and O–H groups in total. The summed E-state index contributed by atoms with van der Waals surface area (Å²) in [6.45, 7) is 5.49. The zero-order valence-corrected chi connectivity index (χ0v) is 21.3. The van der Waals surface area contributed by atoms with Gasteiger partial charge in [0.05, 0.1) is 4.34 Å². The Balaban J connectivity index is 0.00000300. The van der Waals surface area contributed by atoms with E-state index in [9.17, 15) is 4.21 Å². The monoisotopic (exact) mass is 566 g/mol. The molecule has 160 valence electrons. The fourth-order valence-electron chi connectivity index (χ4n) is 3.22. The second-order valence-corrected chi connectivity index (χ2v) is 10.1. The van der Waals surface area contributed by atoms with Gasteiger partial charge in [0, 0.05) is 73.5 Å². The molecule has 1 fully saturated rings. The minimum atomic E-state index is -0.875. The van der Waals surface area contributed by atoms with E-state index in [4.69, 9.17) is 11.6 Å². The van der Waals surface area contributed by atoms with Crippen molar-refractivity contribution >= 4 is 63.7 Å². The van der Waals surface area contributed by atoms with Crippen LogP contribution in [0.4, 0.5) is 0 Å². The van der Waals surface area contributed by atoms with E-state index >= 15 is 0 Å². The maximum absolute atomic E-state index is 12.3. The summed E-state index contributed by atoms with van der Waals surface area (Å²) < 4.78 is 13.1. The maximum atomic E-state index is 12.3. The van der Waals surface area contributed by atoms with Crippen molar-refractivity contribution in [3.63, 3.8) is 0 Å². The Morgan fingerprint density at radius 1 is 1.17 bits per heavy atom. The van der Waals surface area contributed by atoms with Crippen LogP contribution in [0.5, 0.6) is 0 Å². The van der Waals surface area contributed by atoms with Gasteiger partial charge in [0.1, 0.15) is 0 Å². The van der Waals surface area contributed by atoms with Gasteiger partial charge in [-0.05, 0) is 17.7 Å². The quantitative estimate of drug-likeness (QED) is 0.316. The van der Waals surface area contributed by atoms with Crippen LogP contribution in [0.15, 0.2) is 47.5 Å². The van der Waals surface area contributed by atoms with Crippen LogP contribution in [0.2, 0.25) is 4.34 Å². The summed E-state index contributed by atoms with van der Waals surface area (Å²) in [6.07, 6.45) is 0. The van der Waals surface area contributed by atoms with Crippen LogP contribution in [0.1, 0.15) is 10.4 Å². The molecule has 1 aromatic heterocycles. The first kappa shape index (κ1) is 24.6. The van der Waals surface area contributed by atoms with Gasteiger partial charge in [0.15, 0.2) is 5.96 Å². The number of halogens is 2. The highest BCUT2D eigenvalue weighted by Gasteiger charge is 2.20. The minimum Gasteiger partial charge on any atom is -0.355 e. The van der Waals surface area contributed by atoms with Gasteiger partial charge in [-0.1, -0.05) is 41.9 Å². The van der Waals surface area contributed by atoms with Gasteiger partial charge in [-0.25, -0.2) is 0 Å². The lowest BCUT2D eigenvalue weighted by atomic mass is 10.2. The molecule has 2 heterocycles. The summed E-state index contributed by atoms with van der Waals surface area (Å²) in [6, 6.07) is 14.1. The Kier molecular flexibility index (Phi) is 10.9. The van der Waals surface area contributed by atoms with Crippen LogP contribution < -0.4 is 5.32 Å². The average molecular weight is 567 g/mol. The number of hydrogen-bond acceptors (Lipinski definition) is 4. The Bertz CT molecular complexity index is 795. The Hall–Kier alpha value is -0.680. The van der Waals surface area contributed by atoms with Gasteiger partial charge in [0.2, 0.25) is 0 Å². The molecule has 1 unspecified atom stereocenters. The number of rotatable bonds is 7. The van der Waals surface area contributed by atoms with Crippen LogP contribution >= 0.6 is 46.9 Å². The highest BCUT2D eigenvalue weighted by molar-refractivity contribution is 14.0. The molecular formula is C20H28ClIN4OS2. The molecule has 5 nitrogen and oxygen atoms in total. The summed E-state index contributed by atoms with van der Waals surface area (Å²) in [5.74, 6) is 2.12. The zero-order valence-electron chi connectivity index (χ0n) is 16.6. The molecule has 0 bridgehead atoms. The second-order valence-electron chi connectivity index (χ2n) is 6.72. The lowest BCUT2D eigenvalue weighted by Crippen LogP contribution is -2.52. The van der Waals surface area contributed by atoms with Gasteiger partial charge in [-0.15, -0.1) is 35.3 Å². The van der Waals surface area contributed by atoms with Crippen LogP contribution in [-0.4, -0.2) is 65.5 Å². The third-order valence-electron chi connectivity index (χ3n) is 4.68. The summed E-state index contributed by atoms with van der Waals surface area (Å²) >= 11 is 7.68. The SMILES string of the molecule is CN=C(NCCS(=O)Cc1ccccc1)N1CCN(Cc2ccc(Cl)s2)CC1.I. The third-order valence-corrected chi connectivity index (χ3v) is 7.21. The van der Waals surface area contributed by atoms with Gasteiger partial charge in [0.25, 0.3) is 0 Å². The number of benzene rings is 1. The number of nitrogens with zero attached hydrogens (tertiary/aromatic N) is 3.